The summed E-state index contributed by atoms with van der Waals surface area (Å²) in [5.41, 5.74) is 4.11. The third kappa shape index (κ3) is 3.23. The molecule has 0 atom stereocenters. The van der Waals surface area contributed by atoms with E-state index in [0.717, 1.165) is 71.8 Å². The van der Waals surface area contributed by atoms with E-state index >= 15 is 0 Å². The number of hydrogen-bond acceptors (Lipinski definition) is 5. The fourth-order valence-electron chi connectivity index (χ4n) is 3.74. The van der Waals surface area contributed by atoms with Crippen LogP contribution in [0.25, 0.3) is 33.2 Å². The topological polar surface area (TPSA) is 68.2 Å². The van der Waals surface area contributed by atoms with Crippen LogP contribution in [0, 0.1) is 0 Å². The van der Waals surface area contributed by atoms with Crippen molar-refractivity contribution in [3.8, 4) is 17.0 Å². The lowest BCUT2D eigenvalue weighted by Crippen LogP contribution is -2.38. The smallest absolute Gasteiger partial charge is 0.139 e. The molecule has 7 heteroatoms. The molecule has 5 rings (SSSR count). The van der Waals surface area contributed by atoms with Gasteiger partial charge in [-0.25, -0.2) is 4.98 Å². The molecular formula is C21H23N5O2. The Morgan fingerprint density at radius 3 is 2.79 bits per heavy atom. The van der Waals surface area contributed by atoms with Gasteiger partial charge in [0.2, 0.25) is 0 Å². The molecule has 1 aromatic carbocycles. The van der Waals surface area contributed by atoms with Crippen molar-refractivity contribution in [2.75, 3.05) is 39.5 Å². The summed E-state index contributed by atoms with van der Waals surface area (Å²) in [5, 5.41) is 6.47. The van der Waals surface area contributed by atoms with Crippen molar-refractivity contribution < 1.29 is 9.47 Å². The molecule has 3 aromatic heterocycles. The zero-order valence-corrected chi connectivity index (χ0v) is 15.9. The molecule has 0 bridgehead atoms. The molecule has 0 unspecified atom stereocenters. The Morgan fingerprint density at radius 1 is 1.14 bits per heavy atom. The van der Waals surface area contributed by atoms with Crippen LogP contribution in [0.1, 0.15) is 0 Å². The molecule has 1 aliphatic rings. The number of aryl methyl sites for hydroxylation is 1. The molecule has 7 nitrogen and oxygen atoms in total. The minimum atomic E-state index is 0.689. The number of fused-ring (bicyclic) bond motifs is 3. The highest BCUT2D eigenvalue weighted by atomic mass is 16.5. The monoisotopic (exact) mass is 377 g/mol. The van der Waals surface area contributed by atoms with Crippen LogP contribution in [0.5, 0.6) is 5.75 Å². The molecule has 0 radical (unpaired) electrons. The second-order valence-electron chi connectivity index (χ2n) is 7.10. The van der Waals surface area contributed by atoms with Gasteiger partial charge in [-0.05, 0) is 35.9 Å². The number of rotatable bonds is 5. The fraction of sp³-hybridized carbons (Fsp3) is 0.333. The molecule has 0 aliphatic carbocycles. The summed E-state index contributed by atoms with van der Waals surface area (Å²) in [6.07, 6.45) is 3.70. The van der Waals surface area contributed by atoms with E-state index in [1.165, 1.54) is 0 Å². The summed E-state index contributed by atoms with van der Waals surface area (Å²) in [4.78, 5) is 10.3. The van der Waals surface area contributed by atoms with E-state index in [-0.39, 0.29) is 0 Å². The van der Waals surface area contributed by atoms with Gasteiger partial charge >= 0.3 is 0 Å². The van der Waals surface area contributed by atoms with Crippen LogP contribution in [-0.2, 0) is 11.8 Å². The molecule has 4 heterocycles. The Balaban J connectivity index is 1.31. The molecule has 1 aliphatic heterocycles. The van der Waals surface area contributed by atoms with Gasteiger partial charge in [-0.1, -0.05) is 0 Å². The van der Waals surface area contributed by atoms with Gasteiger partial charge in [0.1, 0.15) is 18.0 Å². The van der Waals surface area contributed by atoms with Gasteiger partial charge in [-0.2, -0.15) is 5.10 Å². The molecule has 1 fully saturated rings. The van der Waals surface area contributed by atoms with Gasteiger partial charge in [0.05, 0.1) is 24.9 Å². The minimum absolute atomic E-state index is 0.689. The average Bonchev–Trinajstić information content (AvgIpc) is 3.33. The normalized spacial score (nSPS) is 15.5. The van der Waals surface area contributed by atoms with Gasteiger partial charge in [-0.3, -0.25) is 9.58 Å². The number of H-pyrrole nitrogens is 1. The Bertz CT molecular complexity index is 1090. The molecule has 0 amide bonds. The van der Waals surface area contributed by atoms with Crippen molar-refractivity contribution in [3.63, 3.8) is 0 Å². The summed E-state index contributed by atoms with van der Waals surface area (Å²) in [6.45, 7) is 5.23. The highest BCUT2D eigenvalue weighted by Crippen LogP contribution is 2.29. The maximum Gasteiger partial charge on any atom is 0.139 e. The molecule has 4 aromatic rings. The highest BCUT2D eigenvalue weighted by Gasteiger charge is 2.12. The highest BCUT2D eigenvalue weighted by molar-refractivity contribution is 6.04. The number of aromatic amines is 1. The number of nitrogens with zero attached hydrogens (tertiary/aromatic N) is 4. The number of hydrogen-bond donors (Lipinski definition) is 1. The molecule has 1 saturated heterocycles. The van der Waals surface area contributed by atoms with Crippen molar-refractivity contribution in [1.82, 2.24) is 24.6 Å². The third-order valence-electron chi connectivity index (χ3n) is 5.30. The van der Waals surface area contributed by atoms with Crippen LogP contribution in [0.2, 0.25) is 0 Å². The van der Waals surface area contributed by atoms with Crippen LogP contribution in [0.15, 0.2) is 42.7 Å². The molecular weight excluding hydrogens is 354 g/mol. The van der Waals surface area contributed by atoms with Crippen LogP contribution >= 0.6 is 0 Å². The first-order valence-corrected chi connectivity index (χ1v) is 9.61. The van der Waals surface area contributed by atoms with Crippen LogP contribution < -0.4 is 4.74 Å². The van der Waals surface area contributed by atoms with Crippen LogP contribution in [0.3, 0.4) is 0 Å². The number of benzene rings is 1. The fourth-order valence-corrected chi connectivity index (χ4v) is 3.74. The van der Waals surface area contributed by atoms with E-state index in [1.807, 2.05) is 36.3 Å². The number of ether oxygens (including phenoxy) is 2. The summed E-state index contributed by atoms with van der Waals surface area (Å²) in [7, 11) is 1.96. The Morgan fingerprint density at radius 2 is 1.96 bits per heavy atom. The van der Waals surface area contributed by atoms with Crippen LogP contribution in [-0.4, -0.2) is 64.1 Å². The summed E-state index contributed by atoms with van der Waals surface area (Å²) < 4.78 is 13.2. The summed E-state index contributed by atoms with van der Waals surface area (Å²) in [6, 6.07) is 10.3. The van der Waals surface area contributed by atoms with E-state index in [4.69, 9.17) is 9.47 Å². The van der Waals surface area contributed by atoms with E-state index in [2.05, 4.69) is 38.2 Å². The zero-order valence-electron chi connectivity index (χ0n) is 15.9. The lowest BCUT2D eigenvalue weighted by Gasteiger charge is -2.26. The maximum absolute atomic E-state index is 5.90. The lowest BCUT2D eigenvalue weighted by molar-refractivity contribution is 0.0322. The lowest BCUT2D eigenvalue weighted by atomic mass is 10.1. The summed E-state index contributed by atoms with van der Waals surface area (Å²) >= 11 is 0. The van der Waals surface area contributed by atoms with Crippen LogP contribution in [0.4, 0.5) is 0 Å². The second kappa shape index (κ2) is 7.26. The van der Waals surface area contributed by atoms with E-state index in [1.54, 1.807) is 0 Å². The molecule has 0 spiro atoms. The third-order valence-corrected chi connectivity index (χ3v) is 5.30. The van der Waals surface area contributed by atoms with Crippen molar-refractivity contribution in [2.24, 2.45) is 7.05 Å². The Labute approximate surface area is 162 Å². The molecule has 28 heavy (non-hydrogen) atoms. The number of morpholine rings is 1. The van der Waals surface area contributed by atoms with Crippen molar-refractivity contribution in [3.05, 3.63) is 42.7 Å². The van der Waals surface area contributed by atoms with Gasteiger partial charge < -0.3 is 14.5 Å². The number of aromatic nitrogens is 4. The van der Waals surface area contributed by atoms with Gasteiger partial charge in [0.15, 0.2) is 0 Å². The number of nitrogens with one attached hydrogen (secondary N) is 1. The average molecular weight is 377 g/mol. The Kier molecular flexibility index (Phi) is 4.46. The largest absolute Gasteiger partial charge is 0.492 e. The van der Waals surface area contributed by atoms with Crippen molar-refractivity contribution >= 4 is 21.9 Å². The van der Waals surface area contributed by atoms with Crippen molar-refractivity contribution in [2.45, 2.75) is 0 Å². The second-order valence-corrected chi connectivity index (χ2v) is 7.10. The standard InChI is InChI=1S/C21H23N5O2/c1-25-20-16(14-23-25)13-22-21-18(20)12-19(24-21)15-2-4-17(5-3-15)28-11-8-26-6-9-27-10-7-26/h2-5,12-14H,6-11H2,1H3,(H,22,24). The summed E-state index contributed by atoms with van der Waals surface area (Å²) in [5.74, 6) is 0.889. The van der Waals surface area contributed by atoms with E-state index in [0.29, 0.717) is 6.61 Å². The SMILES string of the molecule is Cn1ncc2cnc3[nH]c(-c4ccc(OCCN5CCOCC5)cc4)cc3c21. The number of pyridine rings is 1. The van der Waals surface area contributed by atoms with E-state index < -0.39 is 0 Å². The van der Waals surface area contributed by atoms with E-state index in [9.17, 15) is 0 Å². The predicted molar refractivity (Wildman–Crippen MR) is 109 cm³/mol. The quantitative estimate of drug-likeness (QED) is 0.579. The Hall–Kier alpha value is -2.90. The van der Waals surface area contributed by atoms with Gasteiger partial charge in [0.25, 0.3) is 0 Å². The molecule has 0 saturated carbocycles. The minimum Gasteiger partial charge on any atom is -0.492 e. The first-order valence-electron chi connectivity index (χ1n) is 9.61. The van der Waals surface area contributed by atoms with Gasteiger partial charge in [-0.15, -0.1) is 0 Å². The zero-order chi connectivity index (χ0) is 18.9. The first kappa shape index (κ1) is 17.2. The molecule has 144 valence electrons. The first-order chi connectivity index (χ1) is 13.8. The molecule has 1 N–H and O–H groups in total. The van der Waals surface area contributed by atoms with Crippen molar-refractivity contribution in [1.29, 1.82) is 0 Å². The van der Waals surface area contributed by atoms with Gasteiger partial charge in [0, 0.05) is 49.3 Å². The maximum atomic E-state index is 5.90. The predicted octanol–water partition coefficient (Wildman–Crippen LogP) is 2.83.